The second-order valence-electron chi connectivity index (χ2n) is 12.2. The van der Waals surface area contributed by atoms with Gasteiger partial charge in [0.05, 0.1) is 0 Å². The van der Waals surface area contributed by atoms with E-state index in [0.717, 1.165) is 53.5 Å². The highest BCUT2D eigenvalue weighted by Crippen LogP contribution is 2.40. The molecule has 226 valence electrons. The number of carbonyl (C=O) groups is 3. The highest BCUT2D eigenvalue weighted by atomic mass is 16.2. The van der Waals surface area contributed by atoms with Gasteiger partial charge in [-0.3, -0.25) is 19.4 Å². The Labute approximate surface area is 265 Å². The molecule has 0 spiro atoms. The monoisotopic (exact) mass is 604 g/mol. The highest BCUT2D eigenvalue weighted by molar-refractivity contribution is 6.29. The lowest BCUT2D eigenvalue weighted by Gasteiger charge is -2.30. The normalized spacial score (nSPS) is 19.0. The zero-order valence-corrected chi connectivity index (χ0v) is 26.2. The molecule has 7 heteroatoms. The minimum Gasteiger partial charge on any atom is -0.344 e. The molecule has 7 nitrogen and oxygen atoms in total. The predicted molar refractivity (Wildman–Crippen MR) is 184 cm³/mol. The zero-order valence-electron chi connectivity index (χ0n) is 26.2. The summed E-state index contributed by atoms with van der Waals surface area (Å²) in [5.74, 6) is -1.15. The van der Waals surface area contributed by atoms with E-state index in [1.165, 1.54) is 35.6 Å². The lowest BCUT2D eigenvalue weighted by molar-refractivity contribution is -0.134. The molecule has 8 rings (SSSR count). The molecule has 6 aromatic rings. The van der Waals surface area contributed by atoms with Crippen LogP contribution in [0, 0.1) is 0 Å². The topological polar surface area (TPSA) is 67.6 Å². The van der Waals surface area contributed by atoms with Crippen LogP contribution in [-0.4, -0.2) is 50.9 Å². The van der Waals surface area contributed by atoms with Crippen molar-refractivity contribution in [2.75, 3.05) is 14.1 Å². The molecule has 4 amide bonds. The first-order valence-electron chi connectivity index (χ1n) is 15.4. The molecular formula is C39H32N4O3. The van der Waals surface area contributed by atoms with Gasteiger partial charge in [-0.15, -0.1) is 0 Å². The Hall–Kier alpha value is -5.69. The van der Waals surface area contributed by atoms with Crippen molar-refractivity contribution in [3.63, 3.8) is 0 Å². The summed E-state index contributed by atoms with van der Waals surface area (Å²) in [5.41, 5.74) is 4.73. The second kappa shape index (κ2) is 10.2. The van der Waals surface area contributed by atoms with Crippen LogP contribution in [0.2, 0.25) is 0 Å². The van der Waals surface area contributed by atoms with Gasteiger partial charge in [0.25, 0.3) is 11.8 Å². The lowest BCUT2D eigenvalue weighted by atomic mass is 9.95. The molecule has 4 aromatic carbocycles. The Balaban J connectivity index is 1.36. The van der Waals surface area contributed by atoms with E-state index in [-0.39, 0.29) is 5.57 Å². The maximum atomic E-state index is 13.6. The van der Waals surface area contributed by atoms with Crippen molar-refractivity contribution in [3.05, 3.63) is 118 Å². The third-order valence-electron chi connectivity index (χ3n) is 9.81. The minimum absolute atomic E-state index is 0.0340. The van der Waals surface area contributed by atoms with Gasteiger partial charge in [-0.1, -0.05) is 72.8 Å². The quantitative estimate of drug-likeness (QED) is 0.189. The molecule has 0 N–H and O–H groups in total. The number of hydrogen-bond donors (Lipinski definition) is 0. The Bertz CT molecular complexity index is 2360. The van der Waals surface area contributed by atoms with E-state index >= 15 is 0 Å². The molecule has 1 aliphatic carbocycles. The summed E-state index contributed by atoms with van der Waals surface area (Å²) in [5, 5.41) is 9.18. The van der Waals surface area contributed by atoms with Crippen LogP contribution in [0.5, 0.6) is 0 Å². The van der Waals surface area contributed by atoms with Crippen molar-refractivity contribution in [1.82, 2.24) is 18.9 Å². The summed E-state index contributed by atoms with van der Waals surface area (Å²) in [7, 11) is 6.98. The van der Waals surface area contributed by atoms with Gasteiger partial charge in [-0.25, -0.2) is 4.79 Å². The van der Waals surface area contributed by atoms with E-state index < -0.39 is 17.8 Å². The fourth-order valence-electron chi connectivity index (χ4n) is 7.43. The van der Waals surface area contributed by atoms with Crippen LogP contribution in [0.4, 0.5) is 4.79 Å². The molecule has 0 unspecified atom stereocenters. The number of nitrogens with zero attached hydrogens (tertiary/aromatic N) is 4. The van der Waals surface area contributed by atoms with Crippen LogP contribution >= 0.6 is 0 Å². The molecule has 3 heterocycles. The number of allylic oxidation sites excluding steroid dienone is 5. The zero-order chi connectivity index (χ0) is 31.9. The smallest absolute Gasteiger partial charge is 0.333 e. The third kappa shape index (κ3) is 3.88. The molecule has 2 fully saturated rings. The second-order valence-corrected chi connectivity index (χ2v) is 12.2. The summed E-state index contributed by atoms with van der Waals surface area (Å²) in [6.45, 7) is 0. The standard InChI is InChI=1S/C39H32N4O3/c1-40-29(27-13-5-9-23-11-7-15-31(40)34(23)27)21-19-25-17-18-26(33(25)36-37(44)42(3)39(46)43(4)38(36)45)20-22-30-28-14-6-10-24-12-8-16-32(35(24)28)41(30)2/h5-16,19-22H,17-18H2,1-4H3/b25-19-,26-20+,29-21?,30-22?. The molecular weight excluding hydrogens is 572 g/mol. The van der Waals surface area contributed by atoms with Gasteiger partial charge in [0, 0.05) is 71.5 Å². The Kier molecular flexibility index (Phi) is 6.15. The number of hydrogen-bond acceptors (Lipinski definition) is 3. The molecule has 2 aliphatic rings. The molecule has 46 heavy (non-hydrogen) atoms. The number of aryl methyl sites for hydroxylation is 2. The number of amides is 4. The molecule has 1 aliphatic heterocycles. The van der Waals surface area contributed by atoms with E-state index in [0.29, 0.717) is 18.4 Å². The van der Waals surface area contributed by atoms with Crippen LogP contribution < -0.4 is 10.7 Å². The SMILES string of the molecule is CN1C(=O)C(=C2/C(=C\C=c3c4cccc5cccc(c54)n3C)CC/C2=C\C=c2c3cccc4cccc(c43)n2C)C(=O)N(C)C1=O. The summed E-state index contributed by atoms with van der Waals surface area (Å²) >= 11 is 0. The number of rotatable bonds is 2. The van der Waals surface area contributed by atoms with E-state index in [2.05, 4.69) is 108 Å². The summed E-state index contributed by atoms with van der Waals surface area (Å²) < 4.78 is 4.37. The number of imide groups is 2. The fraction of sp³-hybridized carbons (Fsp3) is 0.154. The molecule has 1 saturated heterocycles. The molecule has 0 bridgehead atoms. The van der Waals surface area contributed by atoms with E-state index in [1.54, 1.807) is 0 Å². The number of barbiturate groups is 1. The van der Waals surface area contributed by atoms with Crippen molar-refractivity contribution >= 4 is 73.3 Å². The minimum atomic E-state index is -0.630. The molecule has 1 saturated carbocycles. The number of benzene rings is 4. The van der Waals surface area contributed by atoms with E-state index in [4.69, 9.17) is 0 Å². The number of aromatic nitrogens is 2. The average molecular weight is 605 g/mol. The van der Waals surface area contributed by atoms with Gasteiger partial charge in [0.1, 0.15) is 5.57 Å². The number of carbonyl (C=O) groups excluding carboxylic acids is 3. The predicted octanol–water partition coefficient (Wildman–Crippen LogP) is 5.67. The Morgan fingerprint density at radius 1 is 0.522 bits per heavy atom. The van der Waals surface area contributed by atoms with Gasteiger partial charge in [-0.05, 0) is 64.6 Å². The molecule has 2 aromatic heterocycles. The number of urea groups is 1. The highest BCUT2D eigenvalue weighted by Gasteiger charge is 2.41. The van der Waals surface area contributed by atoms with Crippen LogP contribution in [-0.2, 0) is 23.7 Å². The first-order valence-corrected chi connectivity index (χ1v) is 15.4. The van der Waals surface area contributed by atoms with Crippen molar-refractivity contribution in [1.29, 1.82) is 0 Å². The largest absolute Gasteiger partial charge is 0.344 e. The maximum absolute atomic E-state index is 13.6. The first-order chi connectivity index (χ1) is 22.3. The van der Waals surface area contributed by atoms with Crippen LogP contribution in [0.15, 0.2) is 107 Å². The summed E-state index contributed by atoms with van der Waals surface area (Å²) in [6.07, 6.45) is 9.58. The Morgan fingerprint density at radius 3 is 1.37 bits per heavy atom. The fourth-order valence-corrected chi connectivity index (χ4v) is 7.43. The molecule has 0 radical (unpaired) electrons. The van der Waals surface area contributed by atoms with Gasteiger partial charge < -0.3 is 9.13 Å². The number of likely N-dealkylation sites (N-methyl/N-ethyl adjacent to an activating group) is 2. The lowest BCUT2D eigenvalue weighted by Crippen LogP contribution is -2.53. The van der Waals surface area contributed by atoms with Gasteiger partial charge in [-0.2, -0.15) is 0 Å². The van der Waals surface area contributed by atoms with Crippen molar-refractivity contribution < 1.29 is 14.4 Å². The average Bonchev–Trinajstić information content (AvgIpc) is 3.69. The maximum Gasteiger partial charge on any atom is 0.333 e. The molecule has 0 atom stereocenters. The van der Waals surface area contributed by atoms with Crippen molar-refractivity contribution in [2.24, 2.45) is 14.1 Å². The van der Waals surface area contributed by atoms with Gasteiger partial charge in [0.15, 0.2) is 0 Å². The van der Waals surface area contributed by atoms with Crippen LogP contribution in [0.1, 0.15) is 12.8 Å². The Morgan fingerprint density at radius 2 is 0.935 bits per heavy atom. The summed E-state index contributed by atoms with van der Waals surface area (Å²) in [4.78, 5) is 42.0. The van der Waals surface area contributed by atoms with Crippen molar-refractivity contribution in [3.8, 4) is 0 Å². The van der Waals surface area contributed by atoms with Crippen molar-refractivity contribution in [2.45, 2.75) is 12.8 Å². The van der Waals surface area contributed by atoms with Gasteiger partial charge >= 0.3 is 6.03 Å². The van der Waals surface area contributed by atoms with E-state index in [9.17, 15) is 14.4 Å². The third-order valence-corrected chi connectivity index (χ3v) is 9.81. The van der Waals surface area contributed by atoms with Gasteiger partial charge in [0.2, 0.25) is 0 Å². The summed E-state index contributed by atoms with van der Waals surface area (Å²) in [6, 6.07) is 24.6. The first kappa shape index (κ1) is 27.8. The van der Waals surface area contributed by atoms with Crippen LogP contribution in [0.25, 0.3) is 55.5 Å². The van der Waals surface area contributed by atoms with E-state index in [1.807, 2.05) is 12.2 Å². The van der Waals surface area contributed by atoms with Crippen LogP contribution in [0.3, 0.4) is 0 Å².